The molecule has 0 rings (SSSR count). The summed E-state index contributed by atoms with van der Waals surface area (Å²) in [6.07, 6.45) is 0.0609. The van der Waals surface area contributed by atoms with Crippen molar-refractivity contribution >= 4 is 12.1 Å². The number of carbonyl (C=O) groups excluding carboxylic acids is 2. The molecule has 0 aliphatic carbocycles. The van der Waals surface area contributed by atoms with Gasteiger partial charge in [-0.25, -0.2) is 4.79 Å². The molecule has 1 amide bonds. The number of rotatable bonds is 4. The number of ether oxygens (including phenoxy) is 2. The Kier molecular flexibility index (Phi) is 5.99. The molecule has 0 fully saturated rings. The summed E-state index contributed by atoms with van der Waals surface area (Å²) >= 11 is 0. The summed E-state index contributed by atoms with van der Waals surface area (Å²) in [7, 11) is 2.65. The van der Waals surface area contributed by atoms with Crippen molar-refractivity contribution in [2.45, 2.75) is 40.2 Å². The summed E-state index contributed by atoms with van der Waals surface area (Å²) in [4.78, 5) is 23.0. The van der Waals surface area contributed by atoms with Crippen LogP contribution in [0.3, 0.4) is 0 Å². The first-order chi connectivity index (χ1) is 7.77. The number of methoxy groups -OCH3 is 2. The fourth-order valence-corrected chi connectivity index (χ4v) is 1.80. The lowest BCUT2D eigenvalue weighted by Gasteiger charge is -2.35. The number of amides is 1. The van der Waals surface area contributed by atoms with Gasteiger partial charge in [0, 0.05) is 0 Å². The Bertz CT molecular complexity index is 270. The van der Waals surface area contributed by atoms with Crippen molar-refractivity contribution in [2.24, 2.45) is 11.3 Å². The molecule has 2 atom stereocenters. The fourth-order valence-electron chi connectivity index (χ4n) is 1.80. The zero-order chi connectivity index (χ0) is 13.6. The van der Waals surface area contributed by atoms with Crippen molar-refractivity contribution in [3.63, 3.8) is 0 Å². The lowest BCUT2D eigenvalue weighted by molar-refractivity contribution is -0.147. The number of nitrogens with one attached hydrogen (secondary N) is 1. The Hall–Kier alpha value is -1.26. The number of esters is 1. The molecule has 0 saturated heterocycles. The predicted molar refractivity (Wildman–Crippen MR) is 64.6 cm³/mol. The molecule has 0 aromatic heterocycles. The lowest BCUT2D eigenvalue weighted by atomic mass is 9.78. The summed E-state index contributed by atoms with van der Waals surface area (Å²) in [5.41, 5.74) is -0.261. The molecule has 0 aliphatic heterocycles. The van der Waals surface area contributed by atoms with Gasteiger partial charge in [-0.15, -0.1) is 0 Å². The molecule has 1 N–H and O–H groups in total. The van der Waals surface area contributed by atoms with E-state index in [0.717, 1.165) is 0 Å². The minimum atomic E-state index is -0.535. The second-order valence-corrected chi connectivity index (χ2v) is 5.02. The Morgan fingerprint density at radius 3 is 2.00 bits per heavy atom. The van der Waals surface area contributed by atoms with Crippen molar-refractivity contribution in [1.82, 2.24) is 5.32 Å². The van der Waals surface area contributed by atoms with E-state index >= 15 is 0 Å². The first kappa shape index (κ1) is 15.7. The van der Waals surface area contributed by atoms with E-state index in [1.807, 2.05) is 27.7 Å². The molecule has 0 radical (unpaired) electrons. The highest BCUT2D eigenvalue weighted by Gasteiger charge is 2.37. The molecule has 5 heteroatoms. The van der Waals surface area contributed by atoms with Crippen LogP contribution in [0.2, 0.25) is 0 Å². The van der Waals surface area contributed by atoms with Gasteiger partial charge in [0.15, 0.2) is 0 Å². The molecule has 0 saturated carbocycles. The minimum Gasteiger partial charge on any atom is -0.469 e. The largest absolute Gasteiger partial charge is 0.469 e. The van der Waals surface area contributed by atoms with E-state index < -0.39 is 6.09 Å². The minimum absolute atomic E-state index is 0.261. The highest BCUT2D eigenvalue weighted by molar-refractivity contribution is 5.75. The van der Waals surface area contributed by atoms with Crippen LogP contribution in [-0.4, -0.2) is 32.3 Å². The van der Waals surface area contributed by atoms with Crippen LogP contribution in [0.1, 0.15) is 34.1 Å². The van der Waals surface area contributed by atoms with Gasteiger partial charge in [-0.3, -0.25) is 4.79 Å². The molecule has 0 bridgehead atoms. The van der Waals surface area contributed by atoms with Gasteiger partial charge in [-0.05, 0) is 11.8 Å². The Labute approximate surface area is 103 Å². The third-order valence-electron chi connectivity index (χ3n) is 2.74. The van der Waals surface area contributed by atoms with Gasteiger partial charge < -0.3 is 14.8 Å². The van der Waals surface area contributed by atoms with Gasteiger partial charge in [0.2, 0.25) is 0 Å². The SMILES string of the molecule is CC[C@@H](C(=O)OC)[C@@H](NC(=O)OC)C(C)(C)C. The smallest absolute Gasteiger partial charge is 0.407 e. The van der Waals surface area contributed by atoms with Crippen LogP contribution in [0, 0.1) is 11.3 Å². The maximum Gasteiger partial charge on any atom is 0.407 e. The highest BCUT2D eigenvalue weighted by Crippen LogP contribution is 2.28. The second kappa shape index (κ2) is 6.47. The highest BCUT2D eigenvalue weighted by atomic mass is 16.5. The average molecular weight is 245 g/mol. The number of hydrogen-bond acceptors (Lipinski definition) is 4. The molecule has 0 spiro atoms. The molecule has 17 heavy (non-hydrogen) atoms. The zero-order valence-corrected chi connectivity index (χ0v) is 11.5. The van der Waals surface area contributed by atoms with Crippen LogP contribution < -0.4 is 5.32 Å². The standard InChI is InChI=1S/C12H23NO4/c1-7-8(10(14)16-5)9(12(2,3)4)13-11(15)17-6/h8-9H,7H2,1-6H3,(H,13,15)/t8-,9-/m1/s1. The molecule has 5 nitrogen and oxygen atoms in total. The molecule has 100 valence electrons. The molecule has 0 aliphatic rings. The normalized spacial score (nSPS) is 14.7. The van der Waals surface area contributed by atoms with Gasteiger partial charge in [0.05, 0.1) is 26.2 Å². The van der Waals surface area contributed by atoms with E-state index in [9.17, 15) is 9.59 Å². The van der Waals surface area contributed by atoms with Gasteiger partial charge in [0.1, 0.15) is 0 Å². The monoisotopic (exact) mass is 245 g/mol. The maximum atomic E-state index is 11.7. The van der Waals surface area contributed by atoms with E-state index in [1.54, 1.807) is 0 Å². The quantitative estimate of drug-likeness (QED) is 0.769. The van der Waals surface area contributed by atoms with E-state index in [4.69, 9.17) is 4.74 Å². The average Bonchev–Trinajstić information content (AvgIpc) is 2.26. The number of alkyl carbamates (subject to hydrolysis) is 1. The molecule has 0 unspecified atom stereocenters. The van der Waals surface area contributed by atoms with Crippen LogP contribution in [0.25, 0.3) is 0 Å². The van der Waals surface area contributed by atoms with Crippen LogP contribution in [0.5, 0.6) is 0 Å². The van der Waals surface area contributed by atoms with E-state index in [1.165, 1.54) is 14.2 Å². The van der Waals surface area contributed by atoms with Gasteiger partial charge in [-0.1, -0.05) is 27.7 Å². The van der Waals surface area contributed by atoms with Crippen LogP contribution in [0.15, 0.2) is 0 Å². The summed E-state index contributed by atoms with van der Waals surface area (Å²) < 4.78 is 9.35. The number of carbonyl (C=O) groups is 2. The van der Waals surface area contributed by atoms with Crippen LogP contribution in [0.4, 0.5) is 4.79 Å². The van der Waals surface area contributed by atoms with E-state index in [-0.39, 0.29) is 23.3 Å². The van der Waals surface area contributed by atoms with Crippen molar-refractivity contribution in [3.8, 4) is 0 Å². The first-order valence-electron chi connectivity index (χ1n) is 5.70. The number of hydrogen-bond donors (Lipinski definition) is 1. The third-order valence-corrected chi connectivity index (χ3v) is 2.74. The zero-order valence-electron chi connectivity index (χ0n) is 11.5. The predicted octanol–water partition coefficient (Wildman–Crippen LogP) is 1.96. The topological polar surface area (TPSA) is 64.6 Å². The Morgan fingerprint density at radius 2 is 1.71 bits per heavy atom. The van der Waals surface area contributed by atoms with Crippen molar-refractivity contribution in [1.29, 1.82) is 0 Å². The molecule has 0 aromatic carbocycles. The van der Waals surface area contributed by atoms with Crippen molar-refractivity contribution < 1.29 is 19.1 Å². The Morgan fingerprint density at radius 1 is 1.18 bits per heavy atom. The van der Waals surface area contributed by atoms with Crippen molar-refractivity contribution in [3.05, 3.63) is 0 Å². The first-order valence-corrected chi connectivity index (χ1v) is 5.70. The van der Waals surface area contributed by atoms with Gasteiger partial charge >= 0.3 is 12.1 Å². The Balaban J connectivity index is 5.01. The summed E-state index contributed by atoms with van der Waals surface area (Å²) in [6, 6.07) is -0.326. The molecule has 0 heterocycles. The second-order valence-electron chi connectivity index (χ2n) is 5.02. The van der Waals surface area contributed by atoms with Gasteiger partial charge in [0.25, 0.3) is 0 Å². The summed E-state index contributed by atoms with van der Waals surface area (Å²) in [5, 5.41) is 2.71. The summed E-state index contributed by atoms with van der Waals surface area (Å²) in [6.45, 7) is 7.76. The molecule has 0 aromatic rings. The third kappa shape index (κ3) is 4.63. The maximum absolute atomic E-state index is 11.7. The van der Waals surface area contributed by atoms with E-state index in [2.05, 4.69) is 10.1 Å². The van der Waals surface area contributed by atoms with E-state index in [0.29, 0.717) is 6.42 Å². The van der Waals surface area contributed by atoms with Gasteiger partial charge in [-0.2, -0.15) is 0 Å². The molecular formula is C12H23NO4. The fraction of sp³-hybridized carbons (Fsp3) is 0.833. The lowest BCUT2D eigenvalue weighted by Crippen LogP contribution is -2.51. The molecular weight excluding hydrogens is 222 g/mol. The van der Waals surface area contributed by atoms with Crippen LogP contribution >= 0.6 is 0 Å². The van der Waals surface area contributed by atoms with Crippen molar-refractivity contribution in [2.75, 3.05) is 14.2 Å². The summed E-state index contributed by atoms with van der Waals surface area (Å²) in [5.74, 6) is -0.692. The van der Waals surface area contributed by atoms with Crippen LogP contribution in [-0.2, 0) is 14.3 Å².